The number of allylic oxidation sites excluding steroid dienone is 1. The standard InChI is InChI=1S/C10H11NO3S/c1-2-4-15-5-3-7(10(13)14)11-8(12)6-9(11)15/h2-4,9H,5-6H2,1H3/t9-,15?/m1/s1. The molecule has 2 atom stereocenters. The molecule has 2 aliphatic heterocycles. The van der Waals surface area contributed by atoms with E-state index in [4.69, 9.17) is 0 Å². The first-order valence-electron chi connectivity index (χ1n) is 4.70. The molecule has 0 bridgehead atoms. The van der Waals surface area contributed by atoms with Crippen molar-refractivity contribution in [2.45, 2.75) is 18.7 Å². The quantitative estimate of drug-likeness (QED) is 0.463. The van der Waals surface area contributed by atoms with Crippen molar-refractivity contribution >= 4 is 22.8 Å². The van der Waals surface area contributed by atoms with E-state index in [0.717, 1.165) is 0 Å². The number of β-lactam (4-membered cyclic amide) rings is 1. The minimum atomic E-state index is -1.25. The third-order valence-electron chi connectivity index (χ3n) is 2.50. The topological polar surface area (TPSA) is 60.4 Å². The molecule has 2 rings (SSSR count). The van der Waals surface area contributed by atoms with Crippen LogP contribution in [0.5, 0.6) is 0 Å². The van der Waals surface area contributed by atoms with Gasteiger partial charge in [0.25, 0.3) is 0 Å². The summed E-state index contributed by atoms with van der Waals surface area (Å²) in [6, 6.07) is 0. The Morgan fingerprint density at radius 1 is 1.73 bits per heavy atom. The predicted molar refractivity (Wildman–Crippen MR) is 55.4 cm³/mol. The lowest BCUT2D eigenvalue weighted by atomic mass is 10.1. The van der Waals surface area contributed by atoms with Gasteiger partial charge in [-0.2, -0.15) is 0 Å². The number of amides is 1. The first kappa shape index (κ1) is 10.3. The van der Waals surface area contributed by atoms with Crippen LogP contribution in [0.25, 0.3) is 0 Å². The van der Waals surface area contributed by atoms with Gasteiger partial charge in [-0.1, -0.05) is 0 Å². The Hall–Kier alpha value is -1.23. The summed E-state index contributed by atoms with van der Waals surface area (Å²) in [5.41, 5.74) is 0.0458. The molecule has 2 heterocycles. The van der Waals surface area contributed by atoms with Gasteiger partial charge in [0, 0.05) is 10.9 Å². The maximum Gasteiger partial charge on any atom is 0.238 e. The van der Waals surface area contributed by atoms with Gasteiger partial charge in [-0.25, -0.2) is 0 Å². The minimum Gasteiger partial charge on any atom is -0.543 e. The average molecular weight is 225 g/mol. The van der Waals surface area contributed by atoms with Crippen LogP contribution in [-0.4, -0.2) is 27.9 Å². The summed E-state index contributed by atoms with van der Waals surface area (Å²) >= 11 is 0. The second-order valence-corrected chi connectivity index (χ2v) is 5.49. The summed E-state index contributed by atoms with van der Waals surface area (Å²) in [6.45, 7) is 1.93. The molecule has 4 nitrogen and oxygen atoms in total. The van der Waals surface area contributed by atoms with Crippen molar-refractivity contribution in [2.24, 2.45) is 0 Å². The molecule has 0 aromatic carbocycles. The van der Waals surface area contributed by atoms with E-state index in [2.05, 4.69) is 0 Å². The number of rotatable bonds is 2. The number of carbonyl (C=O) groups is 2. The second-order valence-electron chi connectivity index (χ2n) is 3.40. The van der Waals surface area contributed by atoms with Crippen molar-refractivity contribution in [3.05, 3.63) is 23.3 Å². The molecule has 80 valence electrons. The Balaban J connectivity index is 2.26. The molecular formula is C10H11NO3S. The van der Waals surface area contributed by atoms with Gasteiger partial charge in [0.2, 0.25) is 11.3 Å². The van der Waals surface area contributed by atoms with Crippen molar-refractivity contribution in [2.75, 3.05) is 5.75 Å². The molecule has 0 spiro atoms. The van der Waals surface area contributed by atoms with Gasteiger partial charge in [0.05, 0.1) is 18.1 Å². The first-order valence-corrected chi connectivity index (χ1v) is 6.22. The van der Waals surface area contributed by atoms with Crippen molar-refractivity contribution in [1.82, 2.24) is 4.90 Å². The minimum absolute atomic E-state index is 0.0336. The number of carboxylic acid groups (broad SMARTS) is 1. The van der Waals surface area contributed by atoms with Gasteiger partial charge in [-0.3, -0.25) is 9.69 Å². The summed E-state index contributed by atoms with van der Waals surface area (Å²) < 4.78 is 0. The summed E-state index contributed by atoms with van der Waals surface area (Å²) in [5.74, 6) is -0.670. The number of hydrogen-bond acceptors (Lipinski definition) is 3. The summed E-state index contributed by atoms with van der Waals surface area (Å²) in [4.78, 5) is 23.4. The average Bonchev–Trinajstić information content (AvgIpc) is 2.18. The number of carboxylic acids is 1. The van der Waals surface area contributed by atoms with Crippen LogP contribution in [0.4, 0.5) is 0 Å². The number of hydrogen-bond donors (Lipinski definition) is 0. The van der Waals surface area contributed by atoms with E-state index in [1.807, 2.05) is 18.4 Å². The number of fused-ring (bicyclic) bond motifs is 1. The molecule has 1 amide bonds. The van der Waals surface area contributed by atoms with E-state index >= 15 is 0 Å². The molecule has 1 fully saturated rings. The Morgan fingerprint density at radius 3 is 3.00 bits per heavy atom. The van der Waals surface area contributed by atoms with Gasteiger partial charge < -0.3 is 9.90 Å². The molecule has 0 saturated carbocycles. The van der Waals surface area contributed by atoms with Gasteiger partial charge >= 0.3 is 0 Å². The van der Waals surface area contributed by atoms with Crippen molar-refractivity contribution < 1.29 is 14.7 Å². The third-order valence-corrected chi connectivity index (χ3v) is 4.75. The van der Waals surface area contributed by atoms with Gasteiger partial charge in [0.1, 0.15) is 11.2 Å². The fraction of sp³-hybridized carbons (Fsp3) is 0.400. The van der Waals surface area contributed by atoms with E-state index in [-0.39, 0.29) is 27.9 Å². The van der Waals surface area contributed by atoms with Crippen molar-refractivity contribution in [1.29, 1.82) is 0 Å². The zero-order valence-corrected chi connectivity index (χ0v) is 9.12. The second kappa shape index (κ2) is 3.73. The molecular weight excluding hydrogens is 214 g/mol. The van der Waals surface area contributed by atoms with Crippen LogP contribution in [-0.2, 0) is 20.5 Å². The van der Waals surface area contributed by atoms with Crippen molar-refractivity contribution in [3.63, 3.8) is 0 Å². The summed E-state index contributed by atoms with van der Waals surface area (Å²) in [7, 11) is -0.0336. The zero-order valence-electron chi connectivity index (χ0n) is 8.30. The number of aliphatic carboxylic acids is 1. The monoisotopic (exact) mass is 225 g/mol. The SMILES string of the molecule is CC=C[S+]1CC=C(C(=O)[O-])N2C(=O)C[C@H]21. The maximum absolute atomic E-state index is 11.3. The Morgan fingerprint density at radius 2 is 2.47 bits per heavy atom. The molecule has 0 aromatic rings. The highest BCUT2D eigenvalue weighted by molar-refractivity contribution is 8.00. The molecule has 5 heteroatoms. The molecule has 1 unspecified atom stereocenters. The third kappa shape index (κ3) is 1.56. The fourth-order valence-corrected chi connectivity index (χ4v) is 3.88. The smallest absolute Gasteiger partial charge is 0.238 e. The van der Waals surface area contributed by atoms with Crippen LogP contribution in [0.1, 0.15) is 13.3 Å². The number of carbonyl (C=O) groups excluding carboxylic acids is 2. The molecule has 2 aliphatic rings. The van der Waals surface area contributed by atoms with E-state index in [1.54, 1.807) is 6.08 Å². The molecule has 15 heavy (non-hydrogen) atoms. The predicted octanol–water partition coefficient (Wildman–Crippen LogP) is -0.656. The van der Waals surface area contributed by atoms with Crippen LogP contribution in [0.2, 0.25) is 0 Å². The van der Waals surface area contributed by atoms with Crippen LogP contribution in [0.3, 0.4) is 0 Å². The van der Waals surface area contributed by atoms with E-state index in [0.29, 0.717) is 12.2 Å². The Bertz CT molecular complexity index is 375. The highest BCUT2D eigenvalue weighted by atomic mass is 32.2. The maximum atomic E-state index is 11.3. The Kier molecular flexibility index (Phi) is 2.56. The van der Waals surface area contributed by atoms with E-state index in [9.17, 15) is 14.7 Å². The molecule has 0 N–H and O–H groups in total. The van der Waals surface area contributed by atoms with Crippen LogP contribution in [0.15, 0.2) is 23.3 Å². The first-order chi connectivity index (χ1) is 7.15. The van der Waals surface area contributed by atoms with E-state index in [1.165, 1.54) is 4.90 Å². The summed E-state index contributed by atoms with van der Waals surface area (Å²) in [6.07, 6.45) is 3.99. The fourth-order valence-electron chi connectivity index (χ4n) is 1.81. The molecule has 0 aromatic heterocycles. The normalized spacial score (nSPS) is 29.8. The van der Waals surface area contributed by atoms with Crippen molar-refractivity contribution in [3.8, 4) is 0 Å². The largest absolute Gasteiger partial charge is 0.543 e. The zero-order chi connectivity index (χ0) is 11.0. The lowest BCUT2D eigenvalue weighted by molar-refractivity contribution is -0.301. The van der Waals surface area contributed by atoms with Crippen LogP contribution < -0.4 is 5.11 Å². The molecule has 0 radical (unpaired) electrons. The summed E-state index contributed by atoms with van der Waals surface area (Å²) in [5, 5.41) is 12.9. The van der Waals surface area contributed by atoms with Gasteiger partial charge in [0.15, 0.2) is 0 Å². The lowest BCUT2D eigenvalue weighted by Gasteiger charge is -2.41. The highest BCUT2D eigenvalue weighted by Gasteiger charge is 2.51. The van der Waals surface area contributed by atoms with Gasteiger partial charge in [-0.05, 0) is 19.1 Å². The lowest BCUT2D eigenvalue weighted by Crippen LogP contribution is -2.60. The number of nitrogens with zero attached hydrogens (tertiary/aromatic N) is 1. The van der Waals surface area contributed by atoms with Crippen LogP contribution >= 0.6 is 0 Å². The van der Waals surface area contributed by atoms with Crippen LogP contribution in [0, 0.1) is 0 Å². The van der Waals surface area contributed by atoms with Gasteiger partial charge in [-0.15, -0.1) is 0 Å². The molecule has 0 aliphatic carbocycles. The Labute approximate surface area is 90.6 Å². The highest BCUT2D eigenvalue weighted by Crippen LogP contribution is 2.34. The molecule has 1 saturated heterocycles. The van der Waals surface area contributed by atoms with E-state index < -0.39 is 5.97 Å².